The third-order valence-electron chi connectivity index (χ3n) is 1.95. The van der Waals surface area contributed by atoms with Gasteiger partial charge >= 0.3 is 0 Å². The van der Waals surface area contributed by atoms with Crippen LogP contribution in [0.2, 0.25) is 0 Å². The topological polar surface area (TPSA) is 29.4 Å². The molecule has 78 valence electrons. The molecule has 1 unspecified atom stereocenters. The highest BCUT2D eigenvalue weighted by atomic mass is 32.2. The summed E-state index contributed by atoms with van der Waals surface area (Å²) in [6.07, 6.45) is 1.67. The summed E-state index contributed by atoms with van der Waals surface area (Å²) < 4.78 is 16.6. The van der Waals surface area contributed by atoms with Crippen molar-refractivity contribution in [3.63, 3.8) is 0 Å². The molecule has 2 aromatic rings. The predicted octanol–water partition coefficient (Wildman–Crippen LogP) is 3.54. The smallest absolute Gasteiger partial charge is 0.126 e. The Morgan fingerprint density at radius 2 is 1.87 bits per heavy atom. The van der Waals surface area contributed by atoms with Gasteiger partial charge in [-0.05, 0) is 29.6 Å². The molecule has 0 N–H and O–H groups in total. The normalized spacial score (nSPS) is 14.5. The van der Waals surface area contributed by atoms with Gasteiger partial charge < -0.3 is 0 Å². The second-order valence-corrected chi connectivity index (χ2v) is 6.34. The second-order valence-electron chi connectivity index (χ2n) is 3.16. The van der Waals surface area contributed by atoms with Crippen molar-refractivity contribution in [1.29, 1.82) is 0 Å². The Morgan fingerprint density at radius 1 is 1.13 bits per heavy atom. The predicted molar refractivity (Wildman–Crippen MR) is 65.2 cm³/mol. The molecule has 0 amide bonds. The average Bonchev–Trinajstić information content (AvgIpc) is 2.71. The zero-order chi connectivity index (χ0) is 10.7. The summed E-state index contributed by atoms with van der Waals surface area (Å²) in [5.74, 6) is 0. The van der Waals surface area contributed by atoms with E-state index in [1.165, 1.54) is 11.3 Å². The maximum Gasteiger partial charge on any atom is 0.126 e. The van der Waals surface area contributed by atoms with Crippen LogP contribution in [0.5, 0.6) is 0 Å². The van der Waals surface area contributed by atoms with E-state index in [9.17, 15) is 4.21 Å². The van der Waals surface area contributed by atoms with Crippen molar-refractivity contribution < 1.29 is 4.21 Å². The molecule has 1 aromatic carbocycles. The van der Waals surface area contributed by atoms with Crippen LogP contribution in [-0.4, -0.2) is 10.5 Å². The molecule has 0 saturated carbocycles. The van der Waals surface area contributed by atoms with E-state index in [0.717, 1.165) is 9.90 Å². The summed E-state index contributed by atoms with van der Waals surface area (Å²) in [6, 6.07) is 13.1. The lowest BCUT2D eigenvalue weighted by atomic mass is 10.4. The van der Waals surface area contributed by atoms with Gasteiger partial charge in [-0.3, -0.25) is 0 Å². The summed E-state index contributed by atoms with van der Waals surface area (Å²) in [4.78, 5) is 0.776. The maximum absolute atomic E-state index is 12.3. The van der Waals surface area contributed by atoms with E-state index in [0.29, 0.717) is 0 Å². The van der Waals surface area contributed by atoms with Crippen LogP contribution in [-0.2, 0) is 9.73 Å². The average molecular weight is 237 g/mol. The van der Waals surface area contributed by atoms with E-state index in [1.807, 2.05) is 47.8 Å². The molecule has 1 atom stereocenters. The monoisotopic (exact) mass is 237 g/mol. The maximum atomic E-state index is 12.3. The van der Waals surface area contributed by atoms with Gasteiger partial charge in [-0.2, -0.15) is 4.36 Å². The first-order valence-corrected chi connectivity index (χ1v) is 7.29. The van der Waals surface area contributed by atoms with Gasteiger partial charge in [0.1, 0.15) is 5.00 Å². The van der Waals surface area contributed by atoms with Crippen LogP contribution in [0.3, 0.4) is 0 Å². The first-order valence-electron chi connectivity index (χ1n) is 4.49. The zero-order valence-corrected chi connectivity index (χ0v) is 9.92. The molecule has 0 spiro atoms. The molecule has 0 aliphatic carbocycles. The van der Waals surface area contributed by atoms with Gasteiger partial charge in [-0.25, -0.2) is 4.21 Å². The molecular weight excluding hydrogens is 226 g/mol. The first kappa shape index (κ1) is 10.4. The highest BCUT2D eigenvalue weighted by Crippen LogP contribution is 2.23. The van der Waals surface area contributed by atoms with Crippen molar-refractivity contribution in [2.24, 2.45) is 4.36 Å². The molecule has 2 nitrogen and oxygen atoms in total. The van der Waals surface area contributed by atoms with E-state index < -0.39 is 9.73 Å². The molecule has 0 aliphatic heterocycles. The van der Waals surface area contributed by atoms with Crippen LogP contribution < -0.4 is 0 Å². The van der Waals surface area contributed by atoms with E-state index >= 15 is 0 Å². The van der Waals surface area contributed by atoms with Gasteiger partial charge in [0.15, 0.2) is 0 Å². The SMILES string of the molecule is CS(=O)(=Nc1cccs1)c1ccccc1. The van der Waals surface area contributed by atoms with E-state index in [-0.39, 0.29) is 0 Å². The molecule has 15 heavy (non-hydrogen) atoms. The lowest BCUT2D eigenvalue weighted by Crippen LogP contribution is -1.95. The van der Waals surface area contributed by atoms with Crippen LogP contribution in [0, 0.1) is 0 Å². The van der Waals surface area contributed by atoms with Crippen LogP contribution in [0.1, 0.15) is 0 Å². The second kappa shape index (κ2) is 4.16. The number of hydrogen-bond donors (Lipinski definition) is 0. The van der Waals surface area contributed by atoms with Gasteiger partial charge in [0, 0.05) is 11.2 Å². The van der Waals surface area contributed by atoms with Crippen molar-refractivity contribution in [2.45, 2.75) is 4.90 Å². The number of nitrogens with zero attached hydrogens (tertiary/aromatic N) is 1. The summed E-state index contributed by atoms with van der Waals surface area (Å²) in [7, 11) is -2.30. The molecular formula is C11H11NOS2. The summed E-state index contributed by atoms with van der Waals surface area (Å²) in [6.45, 7) is 0. The molecule has 2 rings (SSSR count). The molecule has 0 bridgehead atoms. The van der Waals surface area contributed by atoms with Crippen molar-refractivity contribution in [2.75, 3.05) is 6.26 Å². The van der Waals surface area contributed by atoms with E-state index in [2.05, 4.69) is 4.36 Å². The Balaban J connectivity index is 2.49. The summed E-state index contributed by atoms with van der Waals surface area (Å²) in [5.41, 5.74) is 0. The quantitative estimate of drug-likeness (QED) is 0.785. The zero-order valence-electron chi connectivity index (χ0n) is 8.29. The number of benzene rings is 1. The Bertz CT molecular complexity index is 537. The van der Waals surface area contributed by atoms with Gasteiger partial charge in [0.25, 0.3) is 0 Å². The minimum Gasteiger partial charge on any atom is -0.245 e. The highest BCUT2D eigenvalue weighted by Gasteiger charge is 2.05. The minimum absolute atomic E-state index is 0.776. The van der Waals surface area contributed by atoms with Crippen LogP contribution >= 0.6 is 11.3 Å². The third kappa shape index (κ3) is 2.46. The van der Waals surface area contributed by atoms with Crippen LogP contribution in [0.4, 0.5) is 5.00 Å². The number of thiophene rings is 1. The lowest BCUT2D eigenvalue weighted by Gasteiger charge is -2.02. The minimum atomic E-state index is -2.30. The van der Waals surface area contributed by atoms with Crippen molar-refractivity contribution in [3.05, 3.63) is 47.8 Å². The molecule has 1 aromatic heterocycles. The van der Waals surface area contributed by atoms with Crippen LogP contribution in [0.25, 0.3) is 0 Å². The highest BCUT2D eigenvalue weighted by molar-refractivity contribution is 7.93. The molecule has 0 aliphatic rings. The van der Waals surface area contributed by atoms with Gasteiger partial charge in [0.05, 0.1) is 9.73 Å². The van der Waals surface area contributed by atoms with Gasteiger partial charge in [0.2, 0.25) is 0 Å². The van der Waals surface area contributed by atoms with E-state index in [1.54, 1.807) is 6.26 Å². The molecule has 0 radical (unpaired) electrons. The standard InChI is InChI=1S/C11H11NOS2/c1-15(13,10-6-3-2-4-7-10)12-11-8-5-9-14-11/h2-9H,1H3. The van der Waals surface area contributed by atoms with Crippen molar-refractivity contribution >= 4 is 26.1 Å². The number of rotatable bonds is 2. The van der Waals surface area contributed by atoms with Crippen molar-refractivity contribution in [1.82, 2.24) is 0 Å². The summed E-state index contributed by atoms with van der Waals surface area (Å²) in [5, 5.41) is 2.74. The lowest BCUT2D eigenvalue weighted by molar-refractivity contribution is 0.681. The Labute approximate surface area is 93.8 Å². The third-order valence-corrected chi connectivity index (χ3v) is 4.52. The fourth-order valence-electron chi connectivity index (χ4n) is 1.22. The fourth-order valence-corrected chi connectivity index (χ4v) is 3.44. The Kier molecular flexibility index (Phi) is 2.88. The Hall–Kier alpha value is -1.13. The van der Waals surface area contributed by atoms with Gasteiger partial charge in [-0.1, -0.05) is 18.2 Å². The fraction of sp³-hybridized carbons (Fsp3) is 0.0909. The first-order chi connectivity index (χ1) is 7.18. The molecule has 4 heteroatoms. The van der Waals surface area contributed by atoms with Crippen LogP contribution in [0.15, 0.2) is 57.1 Å². The largest absolute Gasteiger partial charge is 0.245 e. The molecule has 0 saturated heterocycles. The summed E-state index contributed by atoms with van der Waals surface area (Å²) >= 11 is 1.50. The number of hydrogen-bond acceptors (Lipinski definition) is 3. The molecule has 1 heterocycles. The molecule has 0 fully saturated rings. The van der Waals surface area contributed by atoms with Gasteiger partial charge in [-0.15, -0.1) is 11.3 Å². The van der Waals surface area contributed by atoms with Crippen molar-refractivity contribution in [3.8, 4) is 0 Å². The Morgan fingerprint density at radius 3 is 2.47 bits per heavy atom. The van der Waals surface area contributed by atoms with E-state index in [4.69, 9.17) is 0 Å².